The third-order valence-corrected chi connectivity index (χ3v) is 3.82. The number of nitrogens with one attached hydrogen (secondary N) is 1. The van der Waals surface area contributed by atoms with Gasteiger partial charge in [0.1, 0.15) is 5.75 Å². The Bertz CT molecular complexity index is 599. The molecule has 0 radical (unpaired) electrons. The second kappa shape index (κ2) is 7.71. The lowest BCUT2D eigenvalue weighted by atomic mass is 10.2. The van der Waals surface area contributed by atoms with E-state index >= 15 is 0 Å². The number of hydrogen-bond acceptors (Lipinski definition) is 4. The number of hydrogen-bond donors (Lipinski definition) is 2. The van der Waals surface area contributed by atoms with Gasteiger partial charge in [-0.05, 0) is 42.0 Å². The van der Waals surface area contributed by atoms with Crippen LogP contribution in [-0.2, 0) is 11.4 Å². The van der Waals surface area contributed by atoms with Gasteiger partial charge in [0.05, 0.1) is 19.5 Å². The van der Waals surface area contributed by atoms with Crippen LogP contribution in [0.15, 0.2) is 53.4 Å². The quantitative estimate of drug-likeness (QED) is 0.806. The van der Waals surface area contributed by atoms with Crippen LogP contribution < -0.4 is 10.1 Å². The lowest BCUT2D eigenvalue weighted by Gasteiger charge is -2.07. The Labute approximate surface area is 128 Å². The van der Waals surface area contributed by atoms with Crippen molar-refractivity contribution in [1.82, 2.24) is 0 Å². The van der Waals surface area contributed by atoms with Crippen molar-refractivity contribution >= 4 is 23.4 Å². The van der Waals surface area contributed by atoms with Crippen molar-refractivity contribution < 1.29 is 14.6 Å². The van der Waals surface area contributed by atoms with Crippen LogP contribution in [0.4, 0.5) is 5.69 Å². The van der Waals surface area contributed by atoms with Crippen LogP contribution in [0.3, 0.4) is 0 Å². The summed E-state index contributed by atoms with van der Waals surface area (Å²) >= 11 is 1.44. The molecule has 0 aliphatic heterocycles. The van der Waals surface area contributed by atoms with Gasteiger partial charge in [-0.25, -0.2) is 0 Å². The fraction of sp³-hybridized carbons (Fsp3) is 0.188. The predicted octanol–water partition coefficient (Wildman–Crippen LogP) is 2.92. The number of ether oxygens (including phenoxy) is 1. The molecule has 0 aliphatic carbocycles. The summed E-state index contributed by atoms with van der Waals surface area (Å²) in [5, 5.41) is 11.9. The van der Waals surface area contributed by atoms with E-state index in [0.29, 0.717) is 5.75 Å². The Hall–Kier alpha value is -1.98. The number of thioether (sulfide) groups is 1. The number of carbonyl (C=O) groups is 1. The molecule has 0 unspecified atom stereocenters. The molecule has 21 heavy (non-hydrogen) atoms. The summed E-state index contributed by atoms with van der Waals surface area (Å²) < 4.78 is 5.06. The molecule has 5 heteroatoms. The maximum absolute atomic E-state index is 11.9. The molecule has 110 valence electrons. The van der Waals surface area contributed by atoms with E-state index < -0.39 is 0 Å². The third-order valence-electron chi connectivity index (χ3n) is 2.82. The molecule has 2 aromatic carbocycles. The van der Waals surface area contributed by atoms with Crippen molar-refractivity contribution in [2.24, 2.45) is 0 Å². The molecule has 2 aromatic rings. The fourth-order valence-electron chi connectivity index (χ4n) is 1.75. The molecular formula is C16H17NO3S. The summed E-state index contributed by atoms with van der Waals surface area (Å²) in [7, 11) is 1.60. The highest BCUT2D eigenvalue weighted by atomic mass is 32.2. The molecular weight excluding hydrogens is 286 g/mol. The number of rotatable bonds is 6. The largest absolute Gasteiger partial charge is 0.497 e. The Kier molecular flexibility index (Phi) is 5.66. The van der Waals surface area contributed by atoms with E-state index in [4.69, 9.17) is 9.84 Å². The Morgan fingerprint density at radius 1 is 1.24 bits per heavy atom. The first-order chi connectivity index (χ1) is 10.2. The van der Waals surface area contributed by atoms with E-state index in [-0.39, 0.29) is 12.5 Å². The van der Waals surface area contributed by atoms with E-state index in [0.717, 1.165) is 21.9 Å². The molecule has 0 aliphatic rings. The number of aliphatic hydroxyl groups is 1. The van der Waals surface area contributed by atoms with E-state index in [9.17, 15) is 4.79 Å². The molecule has 0 fully saturated rings. The first-order valence-electron chi connectivity index (χ1n) is 6.48. The molecule has 0 saturated carbocycles. The molecule has 0 bridgehead atoms. The first kappa shape index (κ1) is 15.4. The number of amides is 1. The lowest BCUT2D eigenvalue weighted by molar-refractivity contribution is -0.113. The summed E-state index contributed by atoms with van der Waals surface area (Å²) in [5.41, 5.74) is 1.58. The van der Waals surface area contributed by atoms with E-state index in [1.165, 1.54) is 11.8 Å². The zero-order valence-corrected chi connectivity index (χ0v) is 12.5. The lowest BCUT2D eigenvalue weighted by Crippen LogP contribution is -2.13. The van der Waals surface area contributed by atoms with Crippen molar-refractivity contribution in [3.8, 4) is 5.75 Å². The molecule has 0 heterocycles. The highest BCUT2D eigenvalue weighted by molar-refractivity contribution is 8.00. The minimum Gasteiger partial charge on any atom is -0.497 e. The summed E-state index contributed by atoms with van der Waals surface area (Å²) in [5.74, 6) is 1.00. The van der Waals surface area contributed by atoms with Crippen LogP contribution in [0, 0.1) is 0 Å². The Morgan fingerprint density at radius 2 is 2.00 bits per heavy atom. The SMILES string of the molecule is COc1ccc(NC(=O)CSc2cccc(CO)c2)cc1. The van der Waals surface area contributed by atoms with Crippen LogP contribution in [-0.4, -0.2) is 23.9 Å². The van der Waals surface area contributed by atoms with Crippen LogP contribution in [0.2, 0.25) is 0 Å². The number of methoxy groups -OCH3 is 1. The van der Waals surface area contributed by atoms with Gasteiger partial charge in [0.2, 0.25) is 5.91 Å². The van der Waals surface area contributed by atoms with Crippen LogP contribution >= 0.6 is 11.8 Å². The minimum atomic E-state index is -0.0698. The minimum absolute atomic E-state index is 0.00639. The van der Waals surface area contributed by atoms with Gasteiger partial charge in [-0.15, -0.1) is 11.8 Å². The number of anilines is 1. The number of carbonyl (C=O) groups excluding carboxylic acids is 1. The zero-order chi connectivity index (χ0) is 15.1. The zero-order valence-electron chi connectivity index (χ0n) is 11.7. The molecule has 1 amide bonds. The molecule has 0 saturated heterocycles. The predicted molar refractivity (Wildman–Crippen MR) is 84.7 cm³/mol. The molecule has 2 N–H and O–H groups in total. The van der Waals surface area contributed by atoms with Gasteiger partial charge < -0.3 is 15.2 Å². The summed E-state index contributed by atoms with van der Waals surface area (Å²) in [6.07, 6.45) is 0. The van der Waals surface area contributed by atoms with Crippen molar-refractivity contribution in [3.05, 3.63) is 54.1 Å². The van der Waals surface area contributed by atoms with Crippen LogP contribution in [0.1, 0.15) is 5.56 Å². The topological polar surface area (TPSA) is 58.6 Å². The third kappa shape index (κ3) is 4.81. The van der Waals surface area contributed by atoms with Gasteiger partial charge in [-0.1, -0.05) is 12.1 Å². The van der Waals surface area contributed by atoms with E-state index in [1.54, 1.807) is 31.4 Å². The summed E-state index contributed by atoms with van der Waals surface area (Å²) in [6, 6.07) is 14.7. The van der Waals surface area contributed by atoms with Gasteiger partial charge in [-0.3, -0.25) is 4.79 Å². The van der Waals surface area contributed by atoms with Gasteiger partial charge >= 0.3 is 0 Å². The van der Waals surface area contributed by atoms with Gasteiger partial charge in [0.15, 0.2) is 0 Å². The van der Waals surface area contributed by atoms with Crippen molar-refractivity contribution in [1.29, 1.82) is 0 Å². The maximum atomic E-state index is 11.9. The van der Waals surface area contributed by atoms with Gasteiger partial charge in [-0.2, -0.15) is 0 Å². The van der Waals surface area contributed by atoms with Gasteiger partial charge in [0.25, 0.3) is 0 Å². The molecule has 0 aromatic heterocycles. The molecule has 0 atom stereocenters. The molecule has 2 rings (SSSR count). The van der Waals surface area contributed by atoms with Gasteiger partial charge in [0, 0.05) is 10.6 Å². The second-order valence-electron chi connectivity index (χ2n) is 4.37. The first-order valence-corrected chi connectivity index (χ1v) is 7.46. The smallest absolute Gasteiger partial charge is 0.234 e. The number of aliphatic hydroxyl groups excluding tert-OH is 1. The van der Waals surface area contributed by atoms with Crippen LogP contribution in [0.5, 0.6) is 5.75 Å². The normalized spacial score (nSPS) is 10.2. The highest BCUT2D eigenvalue weighted by Crippen LogP contribution is 2.20. The Morgan fingerprint density at radius 3 is 2.67 bits per heavy atom. The number of benzene rings is 2. The van der Waals surface area contributed by atoms with Crippen molar-refractivity contribution in [2.45, 2.75) is 11.5 Å². The average Bonchev–Trinajstić information content (AvgIpc) is 2.54. The van der Waals surface area contributed by atoms with Crippen molar-refractivity contribution in [3.63, 3.8) is 0 Å². The monoisotopic (exact) mass is 303 g/mol. The average molecular weight is 303 g/mol. The molecule has 0 spiro atoms. The van der Waals surface area contributed by atoms with E-state index in [2.05, 4.69) is 5.32 Å². The van der Waals surface area contributed by atoms with Crippen molar-refractivity contribution in [2.75, 3.05) is 18.2 Å². The van der Waals surface area contributed by atoms with Crippen LogP contribution in [0.25, 0.3) is 0 Å². The maximum Gasteiger partial charge on any atom is 0.234 e. The molecule has 4 nitrogen and oxygen atoms in total. The second-order valence-corrected chi connectivity index (χ2v) is 5.42. The highest BCUT2D eigenvalue weighted by Gasteiger charge is 2.04. The summed E-state index contributed by atoms with van der Waals surface area (Å²) in [6.45, 7) is 0.00639. The standard InChI is InChI=1S/C16H17NO3S/c1-20-14-7-5-13(6-8-14)17-16(19)11-21-15-4-2-3-12(9-15)10-18/h2-9,18H,10-11H2,1H3,(H,17,19). The fourth-order valence-corrected chi connectivity index (χ4v) is 2.53. The summed E-state index contributed by atoms with van der Waals surface area (Å²) in [4.78, 5) is 12.8. The Balaban J connectivity index is 1.86. The van der Waals surface area contributed by atoms with E-state index in [1.807, 2.05) is 24.3 Å².